The minimum atomic E-state index is 0.125. The van der Waals surface area contributed by atoms with Crippen LogP contribution < -0.4 is 15.4 Å². The first-order valence-electron chi connectivity index (χ1n) is 10.5. The fraction of sp³-hybridized carbons (Fsp3) is 0.333. The van der Waals surface area contributed by atoms with E-state index in [1.165, 1.54) is 0 Å². The number of rotatable bonds is 6. The van der Waals surface area contributed by atoms with Crippen LogP contribution in [0.15, 0.2) is 42.9 Å². The molecular weight excluding hydrogens is 402 g/mol. The van der Waals surface area contributed by atoms with Crippen molar-refractivity contribution >= 4 is 28.4 Å². The van der Waals surface area contributed by atoms with E-state index in [2.05, 4.69) is 46.5 Å². The second-order valence-electron chi connectivity index (χ2n) is 9.05. The Morgan fingerprint density at radius 3 is 2.62 bits per heavy atom. The van der Waals surface area contributed by atoms with Crippen LogP contribution in [0.3, 0.4) is 0 Å². The molecule has 8 heteroatoms. The first-order chi connectivity index (χ1) is 15.2. The number of nitrogens with one attached hydrogen (secondary N) is 2. The average molecular weight is 432 g/mol. The number of hydrogen-bond acceptors (Lipinski definition) is 7. The van der Waals surface area contributed by atoms with Crippen molar-refractivity contribution in [2.24, 2.45) is 12.5 Å². The van der Waals surface area contributed by atoms with Crippen LogP contribution in [0, 0.1) is 12.3 Å². The van der Waals surface area contributed by atoms with E-state index in [9.17, 15) is 0 Å². The summed E-state index contributed by atoms with van der Waals surface area (Å²) in [5, 5.41) is 12.1. The maximum absolute atomic E-state index is 5.64. The lowest BCUT2D eigenvalue weighted by Crippen LogP contribution is -2.19. The molecule has 0 aliphatic heterocycles. The summed E-state index contributed by atoms with van der Waals surface area (Å²) in [4.78, 5) is 13.7. The number of methoxy groups -OCH3 is 1. The molecule has 32 heavy (non-hydrogen) atoms. The first-order valence-corrected chi connectivity index (χ1v) is 10.5. The highest BCUT2D eigenvalue weighted by molar-refractivity contribution is 5.88. The molecule has 0 aliphatic rings. The minimum Gasteiger partial charge on any atom is -0.495 e. The van der Waals surface area contributed by atoms with Crippen molar-refractivity contribution in [1.82, 2.24) is 24.7 Å². The van der Waals surface area contributed by atoms with E-state index in [1.54, 1.807) is 19.5 Å². The third-order valence-electron chi connectivity index (χ3n) is 5.06. The number of ether oxygens (including phenoxy) is 1. The van der Waals surface area contributed by atoms with E-state index in [1.807, 2.05) is 49.1 Å². The Labute approximate surface area is 188 Å². The lowest BCUT2D eigenvalue weighted by atomic mass is 9.97. The van der Waals surface area contributed by atoms with Crippen molar-refractivity contribution < 1.29 is 4.74 Å². The Balaban J connectivity index is 1.64. The summed E-state index contributed by atoms with van der Waals surface area (Å²) < 4.78 is 7.45. The van der Waals surface area contributed by atoms with Gasteiger partial charge < -0.3 is 15.4 Å². The lowest BCUT2D eigenvalue weighted by molar-refractivity contribution is 0.417. The van der Waals surface area contributed by atoms with Gasteiger partial charge in [0.25, 0.3) is 0 Å². The number of fused-ring (bicyclic) bond motifs is 1. The summed E-state index contributed by atoms with van der Waals surface area (Å²) in [5.74, 6) is 1.93. The zero-order chi connectivity index (χ0) is 22.9. The van der Waals surface area contributed by atoms with Gasteiger partial charge in [-0.25, -0.2) is 15.0 Å². The summed E-state index contributed by atoms with van der Waals surface area (Å²) in [6.45, 7) is 9.31. The van der Waals surface area contributed by atoms with E-state index < -0.39 is 0 Å². The van der Waals surface area contributed by atoms with Gasteiger partial charge in [0, 0.05) is 43.1 Å². The standard InChI is InChI=1S/C24H29N7O/c1-15-18(13-31(5)30-15)16-7-8-19(20(11-16)32-6)28-23-26-12-17-9-10-25-22(21(17)29-23)27-14-24(2,3)4/h7-13H,14H2,1-6H3,(H,25,27)(H,26,28,29). The summed E-state index contributed by atoms with van der Waals surface area (Å²) >= 11 is 0. The Hall–Kier alpha value is -3.68. The van der Waals surface area contributed by atoms with Gasteiger partial charge >= 0.3 is 0 Å². The molecule has 0 amide bonds. The van der Waals surface area contributed by atoms with Crippen molar-refractivity contribution in [1.29, 1.82) is 0 Å². The fourth-order valence-corrected chi connectivity index (χ4v) is 3.46. The van der Waals surface area contributed by atoms with Gasteiger partial charge in [-0.2, -0.15) is 5.10 Å². The smallest absolute Gasteiger partial charge is 0.227 e. The highest BCUT2D eigenvalue weighted by Gasteiger charge is 2.14. The van der Waals surface area contributed by atoms with Gasteiger partial charge in [0.15, 0.2) is 5.82 Å². The molecule has 3 heterocycles. The molecule has 166 valence electrons. The van der Waals surface area contributed by atoms with Crippen LogP contribution in [0.1, 0.15) is 26.5 Å². The topological polar surface area (TPSA) is 89.8 Å². The van der Waals surface area contributed by atoms with Crippen molar-refractivity contribution in [2.45, 2.75) is 27.7 Å². The maximum Gasteiger partial charge on any atom is 0.227 e. The maximum atomic E-state index is 5.64. The Morgan fingerprint density at radius 2 is 1.94 bits per heavy atom. The molecule has 3 aromatic heterocycles. The third kappa shape index (κ3) is 4.64. The molecule has 0 fully saturated rings. The average Bonchev–Trinajstić information content (AvgIpc) is 3.09. The van der Waals surface area contributed by atoms with Crippen molar-refractivity contribution in [2.75, 3.05) is 24.3 Å². The molecule has 8 nitrogen and oxygen atoms in total. The van der Waals surface area contributed by atoms with Crippen LogP contribution in [0.5, 0.6) is 5.75 Å². The molecule has 0 unspecified atom stereocenters. The summed E-state index contributed by atoms with van der Waals surface area (Å²) in [6.07, 6.45) is 5.57. The normalized spacial score (nSPS) is 11.6. The van der Waals surface area contributed by atoms with Gasteiger partial charge in [-0.1, -0.05) is 26.8 Å². The Bertz CT molecular complexity index is 1260. The molecule has 0 atom stereocenters. The van der Waals surface area contributed by atoms with Gasteiger partial charge in [-0.05, 0) is 36.1 Å². The summed E-state index contributed by atoms with van der Waals surface area (Å²) in [5.41, 5.74) is 4.76. The highest BCUT2D eigenvalue weighted by Crippen LogP contribution is 2.33. The van der Waals surface area contributed by atoms with Crippen LogP contribution >= 0.6 is 0 Å². The monoisotopic (exact) mass is 431 g/mol. The predicted molar refractivity (Wildman–Crippen MR) is 128 cm³/mol. The molecule has 0 aliphatic carbocycles. The molecule has 0 saturated carbocycles. The van der Waals surface area contributed by atoms with Gasteiger partial charge in [0.2, 0.25) is 5.95 Å². The molecule has 4 aromatic rings. The van der Waals surface area contributed by atoms with E-state index >= 15 is 0 Å². The number of nitrogens with zero attached hydrogens (tertiary/aromatic N) is 5. The highest BCUT2D eigenvalue weighted by atomic mass is 16.5. The number of aromatic nitrogens is 5. The second kappa shape index (κ2) is 8.45. The minimum absolute atomic E-state index is 0.125. The molecule has 4 rings (SSSR count). The van der Waals surface area contributed by atoms with E-state index in [4.69, 9.17) is 9.72 Å². The molecule has 0 spiro atoms. The van der Waals surface area contributed by atoms with Gasteiger partial charge in [0.1, 0.15) is 11.3 Å². The van der Waals surface area contributed by atoms with Crippen molar-refractivity contribution in [3.05, 3.63) is 48.5 Å². The lowest BCUT2D eigenvalue weighted by Gasteiger charge is -2.19. The first kappa shape index (κ1) is 21.5. The largest absolute Gasteiger partial charge is 0.495 e. The van der Waals surface area contributed by atoms with Crippen LogP contribution in [0.4, 0.5) is 17.5 Å². The molecule has 1 aromatic carbocycles. The quantitative estimate of drug-likeness (QED) is 0.447. The van der Waals surface area contributed by atoms with Crippen molar-refractivity contribution in [3.8, 4) is 16.9 Å². The Kier molecular flexibility index (Phi) is 5.69. The Morgan fingerprint density at radius 1 is 1.12 bits per heavy atom. The zero-order valence-electron chi connectivity index (χ0n) is 19.4. The molecule has 2 N–H and O–H groups in total. The predicted octanol–water partition coefficient (Wildman–Crippen LogP) is 4.94. The fourth-order valence-electron chi connectivity index (χ4n) is 3.46. The zero-order valence-corrected chi connectivity index (χ0v) is 19.4. The van der Waals surface area contributed by atoms with E-state index in [-0.39, 0.29) is 5.41 Å². The van der Waals surface area contributed by atoms with Gasteiger partial charge in [0.05, 0.1) is 18.5 Å². The molecular formula is C24H29N7O. The second-order valence-corrected chi connectivity index (χ2v) is 9.05. The van der Waals surface area contributed by atoms with E-state index in [0.29, 0.717) is 11.7 Å². The van der Waals surface area contributed by atoms with Crippen LogP contribution in [-0.2, 0) is 7.05 Å². The van der Waals surface area contributed by atoms with Gasteiger partial charge in [-0.15, -0.1) is 0 Å². The van der Waals surface area contributed by atoms with Gasteiger partial charge in [-0.3, -0.25) is 4.68 Å². The summed E-state index contributed by atoms with van der Waals surface area (Å²) in [7, 11) is 3.57. The number of pyridine rings is 1. The third-order valence-corrected chi connectivity index (χ3v) is 5.06. The van der Waals surface area contributed by atoms with Crippen LogP contribution in [0.2, 0.25) is 0 Å². The summed E-state index contributed by atoms with van der Waals surface area (Å²) in [6, 6.07) is 7.90. The SMILES string of the molecule is COc1cc(-c2cn(C)nc2C)ccc1Nc1ncc2ccnc(NCC(C)(C)C)c2n1. The number of aryl methyl sites for hydroxylation is 2. The number of benzene rings is 1. The van der Waals surface area contributed by atoms with Crippen molar-refractivity contribution in [3.63, 3.8) is 0 Å². The number of anilines is 3. The van der Waals surface area contributed by atoms with E-state index in [0.717, 1.165) is 45.8 Å². The molecule has 0 radical (unpaired) electrons. The number of hydrogen-bond donors (Lipinski definition) is 2. The molecule has 0 bridgehead atoms. The molecule has 0 saturated heterocycles. The van der Waals surface area contributed by atoms with Crippen LogP contribution in [0.25, 0.3) is 22.0 Å². The van der Waals surface area contributed by atoms with Crippen LogP contribution in [-0.4, -0.2) is 38.4 Å².